The highest BCUT2D eigenvalue weighted by Crippen LogP contribution is 2.48. The third kappa shape index (κ3) is 2.31. The highest BCUT2D eigenvalue weighted by molar-refractivity contribution is 6.24. The molecule has 0 aromatic heterocycles. The van der Waals surface area contributed by atoms with Gasteiger partial charge < -0.3 is 0 Å². The molecule has 3 atom stereocenters. The molecule has 2 amide bonds. The number of hydrogen-bond acceptors (Lipinski definition) is 6. The minimum Gasteiger partial charge on any atom is -0.274 e. The molecule has 2 aromatic carbocycles. The van der Waals surface area contributed by atoms with Gasteiger partial charge in [0.15, 0.2) is 0 Å². The number of non-ortho nitro benzene ring substituents is 1. The number of hydrogen-bond donors (Lipinski definition) is 0. The van der Waals surface area contributed by atoms with Crippen molar-refractivity contribution in [2.45, 2.75) is 18.5 Å². The van der Waals surface area contributed by atoms with E-state index in [9.17, 15) is 19.7 Å². The summed E-state index contributed by atoms with van der Waals surface area (Å²) in [5.41, 5.74) is 1.12. The van der Waals surface area contributed by atoms with Gasteiger partial charge in [0, 0.05) is 25.2 Å². The van der Waals surface area contributed by atoms with E-state index in [-0.39, 0.29) is 29.2 Å². The normalized spacial score (nSPS) is 27.3. The summed E-state index contributed by atoms with van der Waals surface area (Å²) in [4.78, 5) is 38.4. The van der Waals surface area contributed by atoms with Crippen LogP contribution in [0.1, 0.15) is 18.0 Å². The molecule has 3 saturated heterocycles. The smallest absolute Gasteiger partial charge is 0.271 e. The number of anilines is 1. The van der Waals surface area contributed by atoms with E-state index >= 15 is 0 Å². The number of hydrazine groups is 1. The molecule has 2 aromatic rings. The van der Waals surface area contributed by atoms with Crippen LogP contribution < -0.4 is 4.90 Å². The van der Waals surface area contributed by atoms with Crippen molar-refractivity contribution in [2.75, 3.05) is 18.0 Å². The summed E-state index contributed by atoms with van der Waals surface area (Å²) >= 11 is 0. The lowest BCUT2D eigenvalue weighted by atomic mass is 9.90. The molecule has 142 valence electrons. The van der Waals surface area contributed by atoms with Crippen LogP contribution in [-0.4, -0.2) is 45.9 Å². The Labute approximate surface area is 161 Å². The van der Waals surface area contributed by atoms with E-state index in [2.05, 4.69) is 5.01 Å². The summed E-state index contributed by atoms with van der Waals surface area (Å²) in [6, 6.07) is 14.7. The van der Waals surface area contributed by atoms with Gasteiger partial charge in [-0.15, -0.1) is 0 Å². The van der Waals surface area contributed by atoms with Crippen LogP contribution in [0.3, 0.4) is 0 Å². The first-order valence-electron chi connectivity index (χ1n) is 9.28. The zero-order valence-corrected chi connectivity index (χ0v) is 15.0. The number of benzene rings is 2. The number of nitro groups is 1. The van der Waals surface area contributed by atoms with Gasteiger partial charge in [-0.3, -0.25) is 19.7 Å². The second-order valence-corrected chi connectivity index (χ2v) is 7.29. The number of fused-ring (bicyclic) bond motifs is 3. The number of carbonyl (C=O) groups is 2. The van der Waals surface area contributed by atoms with Crippen LogP contribution in [0.5, 0.6) is 0 Å². The van der Waals surface area contributed by atoms with Gasteiger partial charge in [-0.05, 0) is 18.1 Å². The van der Waals surface area contributed by atoms with Crippen molar-refractivity contribution < 1.29 is 14.5 Å². The van der Waals surface area contributed by atoms with E-state index in [1.54, 1.807) is 6.07 Å². The Kier molecular flexibility index (Phi) is 3.78. The van der Waals surface area contributed by atoms with E-state index in [0.29, 0.717) is 0 Å². The second kappa shape index (κ2) is 6.22. The summed E-state index contributed by atoms with van der Waals surface area (Å²) in [7, 11) is 0. The van der Waals surface area contributed by atoms with E-state index < -0.39 is 16.9 Å². The molecule has 0 bridgehead atoms. The van der Waals surface area contributed by atoms with Crippen molar-refractivity contribution in [3.05, 3.63) is 70.3 Å². The molecule has 0 radical (unpaired) electrons. The third-order valence-corrected chi connectivity index (χ3v) is 5.85. The maximum Gasteiger partial charge on any atom is 0.271 e. The van der Waals surface area contributed by atoms with Crippen LogP contribution in [-0.2, 0) is 9.59 Å². The van der Waals surface area contributed by atoms with Crippen molar-refractivity contribution in [3.63, 3.8) is 0 Å². The van der Waals surface area contributed by atoms with Crippen LogP contribution in [0.15, 0.2) is 54.6 Å². The van der Waals surface area contributed by atoms with Gasteiger partial charge in [0.25, 0.3) is 11.6 Å². The van der Waals surface area contributed by atoms with Crippen molar-refractivity contribution >= 4 is 23.2 Å². The maximum absolute atomic E-state index is 13.4. The van der Waals surface area contributed by atoms with Gasteiger partial charge in [-0.1, -0.05) is 36.4 Å². The fraction of sp³-hybridized carbons (Fsp3) is 0.300. The molecule has 3 aliphatic heterocycles. The Balaban J connectivity index is 1.58. The average molecular weight is 378 g/mol. The van der Waals surface area contributed by atoms with Crippen LogP contribution in [0.2, 0.25) is 0 Å². The standard InChI is InChI=1S/C20H18N4O4/c25-19-16-17(13-6-2-1-3-7-13)21-10-5-11-22(21)18(16)20(26)23(19)14-8-4-9-15(12-14)24(27)28/h1-4,6-9,12,16-18H,5,10-11H2/t16-,17+,18+/m1/s1. The van der Waals surface area contributed by atoms with Crippen molar-refractivity contribution in [1.29, 1.82) is 0 Å². The Morgan fingerprint density at radius 2 is 1.61 bits per heavy atom. The van der Waals surface area contributed by atoms with Crippen LogP contribution in [0.4, 0.5) is 11.4 Å². The Hall–Kier alpha value is -3.10. The zero-order valence-electron chi connectivity index (χ0n) is 15.0. The molecule has 0 saturated carbocycles. The van der Waals surface area contributed by atoms with Gasteiger partial charge in [0.2, 0.25) is 5.91 Å². The number of nitro benzene ring substituents is 1. The lowest BCUT2D eigenvalue weighted by Crippen LogP contribution is -2.44. The first kappa shape index (κ1) is 17.0. The Bertz CT molecular complexity index is 979. The molecular weight excluding hydrogens is 360 g/mol. The largest absolute Gasteiger partial charge is 0.274 e. The first-order chi connectivity index (χ1) is 13.6. The molecular formula is C20H18N4O4. The SMILES string of the molecule is O=C1[C@H]2[C@@H](C(=O)N1c1cccc([N+](=O)[O-])c1)N1CCCN1[C@H]2c1ccccc1. The molecule has 0 unspecified atom stereocenters. The van der Waals surface area contributed by atoms with E-state index in [4.69, 9.17) is 0 Å². The molecule has 8 nitrogen and oxygen atoms in total. The monoisotopic (exact) mass is 378 g/mol. The summed E-state index contributed by atoms with van der Waals surface area (Å²) in [6.07, 6.45) is 0.935. The minimum absolute atomic E-state index is 0.141. The van der Waals surface area contributed by atoms with Gasteiger partial charge in [0.1, 0.15) is 6.04 Å². The van der Waals surface area contributed by atoms with Gasteiger partial charge in [0.05, 0.1) is 22.6 Å². The van der Waals surface area contributed by atoms with Crippen LogP contribution in [0.25, 0.3) is 0 Å². The summed E-state index contributed by atoms with van der Waals surface area (Å²) in [6.45, 7) is 1.54. The third-order valence-electron chi connectivity index (χ3n) is 5.85. The summed E-state index contributed by atoms with van der Waals surface area (Å²) in [5.74, 6) is -1.12. The highest BCUT2D eigenvalue weighted by atomic mass is 16.6. The minimum atomic E-state index is -0.556. The maximum atomic E-state index is 13.4. The fourth-order valence-electron chi connectivity index (χ4n) is 4.76. The number of carbonyl (C=O) groups excluding carboxylic acids is 2. The van der Waals surface area contributed by atoms with Crippen molar-refractivity contribution in [1.82, 2.24) is 10.0 Å². The number of amides is 2. The molecule has 5 rings (SSSR count). The fourth-order valence-corrected chi connectivity index (χ4v) is 4.76. The summed E-state index contributed by atoms with van der Waals surface area (Å²) in [5, 5.41) is 15.3. The van der Waals surface area contributed by atoms with E-state index in [0.717, 1.165) is 30.0 Å². The van der Waals surface area contributed by atoms with Crippen molar-refractivity contribution in [2.24, 2.45) is 5.92 Å². The molecule has 28 heavy (non-hydrogen) atoms. The predicted octanol–water partition coefficient (Wildman–Crippen LogP) is 2.13. The van der Waals surface area contributed by atoms with Crippen LogP contribution >= 0.6 is 0 Å². The molecule has 3 heterocycles. The average Bonchev–Trinajstić information content (AvgIpc) is 3.34. The molecule has 8 heteroatoms. The first-order valence-corrected chi connectivity index (χ1v) is 9.28. The summed E-state index contributed by atoms with van der Waals surface area (Å²) < 4.78 is 0. The second-order valence-electron chi connectivity index (χ2n) is 7.29. The number of rotatable bonds is 3. The quantitative estimate of drug-likeness (QED) is 0.462. The highest BCUT2D eigenvalue weighted by Gasteiger charge is 2.62. The number of imide groups is 1. The van der Waals surface area contributed by atoms with Gasteiger partial charge in [-0.25, -0.2) is 14.9 Å². The molecule has 3 fully saturated rings. The predicted molar refractivity (Wildman–Crippen MR) is 100 cm³/mol. The molecule has 3 aliphatic rings. The van der Waals surface area contributed by atoms with Crippen LogP contribution in [0, 0.1) is 16.0 Å². The topological polar surface area (TPSA) is 87.0 Å². The lowest BCUT2D eigenvalue weighted by Gasteiger charge is -2.29. The molecule has 0 aliphatic carbocycles. The van der Waals surface area contributed by atoms with E-state index in [1.807, 2.05) is 35.3 Å². The zero-order chi connectivity index (χ0) is 19.4. The number of nitrogens with zero attached hydrogens (tertiary/aromatic N) is 4. The van der Waals surface area contributed by atoms with Gasteiger partial charge >= 0.3 is 0 Å². The Morgan fingerprint density at radius 3 is 2.32 bits per heavy atom. The van der Waals surface area contributed by atoms with E-state index in [1.165, 1.54) is 18.2 Å². The van der Waals surface area contributed by atoms with Crippen molar-refractivity contribution in [3.8, 4) is 0 Å². The van der Waals surface area contributed by atoms with Gasteiger partial charge in [-0.2, -0.15) is 0 Å². The Morgan fingerprint density at radius 1 is 0.893 bits per heavy atom. The lowest BCUT2D eigenvalue weighted by molar-refractivity contribution is -0.384. The molecule has 0 N–H and O–H groups in total. The molecule has 0 spiro atoms.